The number of benzene rings is 3. The number of fused-ring (bicyclic) bond motifs is 3. The number of amides is 2. The molecule has 0 saturated carbocycles. The molecular weight excluding hydrogens is 1490 g/mol. The highest BCUT2D eigenvalue weighted by molar-refractivity contribution is 9.11. The summed E-state index contributed by atoms with van der Waals surface area (Å²) in [6.45, 7) is 8.30. The number of oxime groups is 1. The van der Waals surface area contributed by atoms with Gasteiger partial charge in [0.15, 0.2) is 29.6 Å². The van der Waals surface area contributed by atoms with Crippen LogP contribution in [0.3, 0.4) is 0 Å². The van der Waals surface area contributed by atoms with Crippen LogP contribution in [0.5, 0.6) is 0 Å². The van der Waals surface area contributed by atoms with Crippen LogP contribution in [0.15, 0.2) is 78.2 Å². The van der Waals surface area contributed by atoms with Crippen LogP contribution in [0.1, 0.15) is 83.9 Å². The van der Waals surface area contributed by atoms with Gasteiger partial charge in [-0.15, -0.1) is 0 Å². The monoisotopic (exact) mass is 1550 g/mol. The number of thioether (sulfide) groups is 1. The molecular formula is C58H64Br3F15N4O11S. The summed E-state index contributed by atoms with van der Waals surface area (Å²) in [5.41, 5.74) is 1.11. The van der Waals surface area contributed by atoms with Gasteiger partial charge in [0.25, 0.3) is 0 Å². The number of rotatable bonds is 4. The fraction of sp³-hybridized carbons (Fsp3) is 0.621. The summed E-state index contributed by atoms with van der Waals surface area (Å²) in [5.74, 6) is -4.18. The summed E-state index contributed by atoms with van der Waals surface area (Å²) in [6, 6.07) is 12.5. The number of carbonyl (C=O) groups is 2. The standard InChI is InChI=1S/C24H29BrF4N2O5S.C14H13BrF4O2.C13H14BrF4NO2.C7H8F3NO2/c1-21(2,3)35-19(32)31(20(33)36-22(4,5)6)18-30-23(15-10-14(25)7-8-16(15)26)12-34-17(24(27,28)29)9-13(23)11-37-18;15-9-1-2-11(16)10(4-9)13-6-20-5-8(13)3-12(21-7-13)14(17,18)19;14-8-1-2-10(15)9(4-8)12(19)6-21-11(13(16,17)18)3-7(12)5-20;8-7(9,10)6-1-4-2-13-11-5(4)3-12-6/h7-8,10,13,17H,9,11-12H2,1-6H3;1-2,4,8,12H,3,5-7H2;1-2,4,7,11,20H,3,5-6,19H2;4,6H,1-3H2/t13-,17+,23-;8-,12+,13+;7-,11+,12-;4-,6+/m0000/s1. The minimum atomic E-state index is -4.62. The number of aliphatic imine (C=N–C) groups is 1. The number of amidine groups is 1. The van der Waals surface area contributed by atoms with Crippen LogP contribution >= 0.6 is 59.6 Å². The molecule has 10 rings (SSSR count). The molecule has 2 amide bonds. The summed E-state index contributed by atoms with van der Waals surface area (Å²) < 4.78 is 235. The number of imide groups is 1. The molecule has 0 spiro atoms. The normalized spacial score (nSPS) is 29.1. The van der Waals surface area contributed by atoms with E-state index in [9.17, 15) is 76.2 Å². The van der Waals surface area contributed by atoms with Crippen molar-refractivity contribution >= 4 is 82.6 Å². The van der Waals surface area contributed by atoms with Gasteiger partial charge in [0.2, 0.25) is 0 Å². The minimum Gasteiger partial charge on any atom is -0.443 e. The van der Waals surface area contributed by atoms with Crippen molar-refractivity contribution in [3.05, 3.63) is 102 Å². The molecule has 514 valence electrons. The van der Waals surface area contributed by atoms with E-state index in [0.717, 1.165) is 23.9 Å². The second-order valence-electron chi connectivity index (χ2n) is 24.7. The Morgan fingerprint density at radius 1 is 0.620 bits per heavy atom. The number of ether oxygens (including phenoxy) is 7. The highest BCUT2D eigenvalue weighted by Gasteiger charge is 2.59. The molecule has 92 heavy (non-hydrogen) atoms. The van der Waals surface area contributed by atoms with E-state index in [-0.39, 0.29) is 73.8 Å². The number of hydrogen-bond donors (Lipinski definition) is 2. The average Bonchev–Trinajstić information content (AvgIpc) is 0.938. The lowest BCUT2D eigenvalue weighted by Crippen LogP contribution is -2.57. The van der Waals surface area contributed by atoms with E-state index in [2.05, 4.69) is 62.7 Å². The molecule has 5 fully saturated rings. The molecule has 0 bridgehead atoms. The zero-order valence-electron chi connectivity index (χ0n) is 49.7. The van der Waals surface area contributed by atoms with Crippen molar-refractivity contribution in [2.24, 2.45) is 39.6 Å². The van der Waals surface area contributed by atoms with Gasteiger partial charge in [0.05, 0.1) is 56.3 Å². The topological polar surface area (TPSA) is 182 Å². The van der Waals surface area contributed by atoms with E-state index in [0.29, 0.717) is 29.6 Å². The van der Waals surface area contributed by atoms with Gasteiger partial charge in [-0.25, -0.2) is 27.8 Å². The third kappa shape index (κ3) is 18.2. The number of hydrogen-bond acceptors (Lipinski definition) is 15. The van der Waals surface area contributed by atoms with E-state index in [1.165, 1.54) is 30.3 Å². The molecule has 3 N–H and O–H groups in total. The molecule has 11 atom stereocenters. The largest absolute Gasteiger partial charge is 0.443 e. The smallest absolute Gasteiger partial charge is 0.426 e. The Labute approximate surface area is 547 Å². The average molecular weight is 1550 g/mol. The Bertz CT molecular complexity index is 3130. The Morgan fingerprint density at radius 2 is 1.08 bits per heavy atom. The van der Waals surface area contributed by atoms with Crippen molar-refractivity contribution in [3.8, 4) is 0 Å². The molecule has 3 aromatic carbocycles. The summed E-state index contributed by atoms with van der Waals surface area (Å²) >= 11 is 10.6. The fourth-order valence-corrected chi connectivity index (χ4v) is 13.5. The van der Waals surface area contributed by atoms with E-state index in [1.807, 2.05) is 0 Å². The van der Waals surface area contributed by atoms with Crippen LogP contribution in [0.4, 0.5) is 75.4 Å². The number of halogens is 18. The zero-order chi connectivity index (χ0) is 68.5. The third-order valence-electron chi connectivity index (χ3n) is 15.8. The van der Waals surface area contributed by atoms with Crippen LogP contribution in [0, 0.1) is 41.1 Å². The fourth-order valence-electron chi connectivity index (χ4n) is 11.1. The van der Waals surface area contributed by atoms with Crippen molar-refractivity contribution in [1.29, 1.82) is 0 Å². The van der Waals surface area contributed by atoms with Crippen LogP contribution in [-0.2, 0) is 54.5 Å². The Morgan fingerprint density at radius 3 is 1.60 bits per heavy atom. The van der Waals surface area contributed by atoms with Crippen molar-refractivity contribution in [3.63, 3.8) is 0 Å². The molecule has 0 radical (unpaired) electrons. The van der Waals surface area contributed by atoms with Crippen molar-refractivity contribution < 1.29 is 119 Å². The molecule has 0 aliphatic carbocycles. The van der Waals surface area contributed by atoms with Crippen molar-refractivity contribution in [1.82, 2.24) is 4.90 Å². The van der Waals surface area contributed by atoms with Crippen LogP contribution in [0.2, 0.25) is 0 Å². The Hall–Kier alpha value is -4.00. The van der Waals surface area contributed by atoms with Gasteiger partial charge in [-0.2, -0.15) is 57.6 Å². The van der Waals surface area contributed by atoms with E-state index in [4.69, 9.17) is 39.0 Å². The summed E-state index contributed by atoms with van der Waals surface area (Å²) in [7, 11) is 0. The molecule has 5 saturated heterocycles. The number of alkyl halides is 12. The Kier molecular flexibility index (Phi) is 23.7. The first-order valence-corrected chi connectivity index (χ1v) is 31.5. The van der Waals surface area contributed by atoms with E-state index in [1.54, 1.807) is 53.7 Å². The van der Waals surface area contributed by atoms with Crippen LogP contribution in [-0.4, -0.2) is 152 Å². The number of aliphatic hydroxyl groups excluding tert-OH is 1. The summed E-state index contributed by atoms with van der Waals surface area (Å²) in [4.78, 5) is 36.1. The van der Waals surface area contributed by atoms with Gasteiger partial charge < -0.3 is 48.8 Å². The maximum absolute atomic E-state index is 15.2. The maximum atomic E-state index is 15.2. The quantitative estimate of drug-likeness (QED) is 0.236. The predicted octanol–water partition coefficient (Wildman–Crippen LogP) is 14.9. The number of nitrogens with two attached hydrogens (primary N) is 1. The first-order valence-electron chi connectivity index (χ1n) is 28.2. The molecule has 0 unspecified atom stereocenters. The second kappa shape index (κ2) is 29.0. The molecule has 0 aromatic heterocycles. The molecule has 15 nitrogen and oxygen atoms in total. The lowest BCUT2D eigenvalue weighted by Gasteiger charge is -2.47. The van der Waals surface area contributed by atoms with Gasteiger partial charge in [-0.05, 0) is 128 Å². The van der Waals surface area contributed by atoms with Gasteiger partial charge in [0.1, 0.15) is 40.8 Å². The zero-order valence-corrected chi connectivity index (χ0v) is 55.2. The van der Waals surface area contributed by atoms with Crippen LogP contribution < -0.4 is 5.73 Å². The highest BCUT2D eigenvalue weighted by Crippen LogP contribution is 2.52. The predicted molar refractivity (Wildman–Crippen MR) is 313 cm³/mol. The molecule has 7 aliphatic heterocycles. The van der Waals surface area contributed by atoms with Crippen molar-refractivity contribution in [2.75, 3.05) is 58.6 Å². The number of nitrogens with zero attached hydrogens (tertiary/aromatic N) is 3. The van der Waals surface area contributed by atoms with Gasteiger partial charge in [-0.3, -0.25) is 0 Å². The van der Waals surface area contributed by atoms with E-state index >= 15 is 4.39 Å². The highest BCUT2D eigenvalue weighted by atomic mass is 79.9. The van der Waals surface area contributed by atoms with Crippen LogP contribution in [0.25, 0.3) is 0 Å². The summed E-state index contributed by atoms with van der Waals surface area (Å²) in [5, 5.41) is 12.8. The lowest BCUT2D eigenvalue weighted by molar-refractivity contribution is -0.248. The molecule has 3 aromatic rings. The van der Waals surface area contributed by atoms with Gasteiger partial charge in [-0.1, -0.05) is 64.7 Å². The SMILES string of the molecule is CC(C)(C)OC(=O)N(C(=O)OC(C)(C)C)C1=N[C@@]2(c3cc(Br)ccc3F)CO[C@@H](C(F)(F)F)C[C@H]2CS1.FC(F)(F)[C@H]1C[C@H]2CON=C2CO1.Fc1ccc(Br)cc1[C@@]12COC[C@@H]1C[C@H](C(F)(F)F)OC2.N[C@@]1(c2cc(Br)ccc2F)CO[C@@H](C(F)(F)F)C[C@H]1CO. The number of carbonyl (C=O) groups excluding carboxylic acids is 2. The Balaban J connectivity index is 0.000000186. The third-order valence-corrected chi connectivity index (χ3v) is 18.4. The molecule has 7 aliphatic rings. The van der Waals surface area contributed by atoms with E-state index < -0.39 is 157 Å². The first kappa shape index (κ1) is 75.4. The second-order valence-corrected chi connectivity index (χ2v) is 28.4. The van der Waals surface area contributed by atoms with Gasteiger partial charge >= 0.3 is 36.9 Å². The van der Waals surface area contributed by atoms with Crippen molar-refractivity contribution in [2.45, 2.75) is 144 Å². The molecule has 34 heteroatoms. The maximum Gasteiger partial charge on any atom is 0.426 e. The minimum absolute atomic E-state index is 0.00280. The first-order chi connectivity index (χ1) is 42.4. The molecule has 7 heterocycles. The van der Waals surface area contributed by atoms with Gasteiger partial charge in [0, 0.05) is 60.2 Å². The summed E-state index contributed by atoms with van der Waals surface area (Å²) in [6.07, 6.45) is -28.7. The lowest BCUT2D eigenvalue weighted by atomic mass is 9.69. The number of aliphatic hydroxyl groups is 1.